The fourth-order valence-electron chi connectivity index (χ4n) is 2.40. The van der Waals surface area contributed by atoms with Gasteiger partial charge in [0.05, 0.1) is 11.7 Å². The highest BCUT2D eigenvalue weighted by atomic mass is 16.5. The third-order valence-corrected chi connectivity index (χ3v) is 3.52. The number of aryl methyl sites for hydroxylation is 1. The Morgan fingerprint density at radius 3 is 2.70 bits per heavy atom. The molecule has 2 atom stereocenters. The average Bonchev–Trinajstić information content (AvgIpc) is 2.85. The van der Waals surface area contributed by atoms with Crippen molar-refractivity contribution in [2.24, 2.45) is 0 Å². The molecule has 1 saturated heterocycles. The molecule has 6 heteroatoms. The van der Waals surface area contributed by atoms with E-state index in [4.69, 9.17) is 4.74 Å². The zero-order valence-electron chi connectivity index (χ0n) is 11.4. The number of aliphatic carboxylic acids is 1. The van der Waals surface area contributed by atoms with Crippen LogP contribution in [0.2, 0.25) is 0 Å². The summed E-state index contributed by atoms with van der Waals surface area (Å²) in [6.45, 7) is 2.01. The highest BCUT2D eigenvalue weighted by Gasteiger charge is 2.40. The number of hydrogen-bond donors (Lipinski definition) is 2. The first-order chi connectivity index (χ1) is 9.43. The minimum absolute atomic E-state index is 0.119. The number of rotatable bonds is 3. The number of carbonyl (C=O) groups is 2. The quantitative estimate of drug-likeness (QED) is 0.862. The summed E-state index contributed by atoms with van der Waals surface area (Å²) in [5.41, 5.74) is 0.938. The first kappa shape index (κ1) is 14.3. The smallest absolute Gasteiger partial charge is 0.326 e. The van der Waals surface area contributed by atoms with Gasteiger partial charge in [0.1, 0.15) is 11.8 Å². The number of aromatic hydroxyl groups is 1. The van der Waals surface area contributed by atoms with Gasteiger partial charge in [-0.1, -0.05) is 11.6 Å². The van der Waals surface area contributed by atoms with E-state index in [9.17, 15) is 19.8 Å². The molecule has 0 spiro atoms. The van der Waals surface area contributed by atoms with Gasteiger partial charge in [0.15, 0.2) is 0 Å². The first-order valence-electron chi connectivity index (χ1n) is 6.30. The molecule has 1 aliphatic rings. The minimum Gasteiger partial charge on any atom is -0.507 e. The van der Waals surface area contributed by atoms with Crippen molar-refractivity contribution in [3.63, 3.8) is 0 Å². The lowest BCUT2D eigenvalue weighted by Gasteiger charge is -2.21. The lowest BCUT2D eigenvalue weighted by molar-refractivity contribution is -0.141. The van der Waals surface area contributed by atoms with E-state index in [0.29, 0.717) is 0 Å². The summed E-state index contributed by atoms with van der Waals surface area (Å²) in [6, 6.07) is 3.74. The topological polar surface area (TPSA) is 87.1 Å². The van der Waals surface area contributed by atoms with Gasteiger partial charge in [0, 0.05) is 20.1 Å². The van der Waals surface area contributed by atoms with Gasteiger partial charge in [0.2, 0.25) is 0 Å². The van der Waals surface area contributed by atoms with E-state index in [1.807, 2.05) is 0 Å². The minimum atomic E-state index is -1.06. The summed E-state index contributed by atoms with van der Waals surface area (Å²) >= 11 is 0. The number of phenols is 1. The zero-order chi connectivity index (χ0) is 14.9. The van der Waals surface area contributed by atoms with E-state index in [1.54, 1.807) is 19.1 Å². The molecule has 1 aromatic carbocycles. The van der Waals surface area contributed by atoms with Crippen molar-refractivity contribution in [2.45, 2.75) is 25.5 Å². The fraction of sp³-hybridized carbons (Fsp3) is 0.429. The van der Waals surface area contributed by atoms with Crippen LogP contribution < -0.4 is 0 Å². The van der Waals surface area contributed by atoms with Gasteiger partial charge < -0.3 is 19.8 Å². The highest BCUT2D eigenvalue weighted by Crippen LogP contribution is 2.26. The Bertz CT molecular complexity index is 542. The average molecular weight is 279 g/mol. The third kappa shape index (κ3) is 2.60. The molecular weight excluding hydrogens is 262 g/mol. The Morgan fingerprint density at radius 1 is 1.40 bits per heavy atom. The van der Waals surface area contributed by atoms with Crippen LogP contribution in [0.25, 0.3) is 0 Å². The highest BCUT2D eigenvalue weighted by molar-refractivity contribution is 5.99. The van der Waals surface area contributed by atoms with Crippen LogP contribution in [-0.2, 0) is 9.53 Å². The van der Waals surface area contributed by atoms with Crippen molar-refractivity contribution < 1.29 is 24.5 Å². The van der Waals surface area contributed by atoms with Crippen molar-refractivity contribution in [1.29, 1.82) is 0 Å². The van der Waals surface area contributed by atoms with Crippen LogP contribution in [0.5, 0.6) is 5.75 Å². The molecule has 0 aliphatic carbocycles. The lowest BCUT2D eigenvalue weighted by Crippen LogP contribution is -2.40. The summed E-state index contributed by atoms with van der Waals surface area (Å²) < 4.78 is 5.14. The predicted molar refractivity (Wildman–Crippen MR) is 70.7 cm³/mol. The molecule has 1 aliphatic heterocycles. The van der Waals surface area contributed by atoms with Crippen LogP contribution in [0.4, 0.5) is 0 Å². The van der Waals surface area contributed by atoms with Gasteiger partial charge in [-0.3, -0.25) is 4.79 Å². The summed E-state index contributed by atoms with van der Waals surface area (Å²) in [5, 5.41) is 19.0. The molecular formula is C14H17NO5. The van der Waals surface area contributed by atoms with Gasteiger partial charge in [-0.2, -0.15) is 0 Å². The van der Waals surface area contributed by atoms with Crippen molar-refractivity contribution in [3.8, 4) is 5.75 Å². The second kappa shape index (κ2) is 5.50. The molecule has 0 radical (unpaired) electrons. The summed E-state index contributed by atoms with van der Waals surface area (Å²) in [7, 11) is 1.49. The van der Waals surface area contributed by atoms with E-state index in [-0.39, 0.29) is 30.4 Å². The number of likely N-dealkylation sites (tertiary alicyclic amines) is 1. The molecule has 2 rings (SSSR count). The number of phenolic OH excluding ortho intramolecular Hbond substituents is 1. The normalized spacial score (nSPS) is 22.0. The first-order valence-corrected chi connectivity index (χ1v) is 6.30. The Labute approximate surface area is 116 Å². The van der Waals surface area contributed by atoms with E-state index in [1.165, 1.54) is 18.1 Å². The van der Waals surface area contributed by atoms with Crippen LogP contribution in [0, 0.1) is 6.92 Å². The summed E-state index contributed by atoms with van der Waals surface area (Å²) in [4.78, 5) is 24.9. The number of amides is 1. The molecule has 20 heavy (non-hydrogen) atoms. The number of nitrogens with zero attached hydrogens (tertiary/aromatic N) is 1. The molecule has 2 N–H and O–H groups in total. The Morgan fingerprint density at radius 2 is 2.10 bits per heavy atom. The SMILES string of the molecule is COC1CC(C(=O)O)N(C(=O)c2cc(C)ccc2O)C1. The largest absolute Gasteiger partial charge is 0.507 e. The molecule has 2 unspecified atom stereocenters. The van der Waals surface area contributed by atoms with E-state index >= 15 is 0 Å². The molecule has 0 aromatic heterocycles. The second-order valence-electron chi connectivity index (χ2n) is 4.93. The molecule has 1 aromatic rings. The van der Waals surface area contributed by atoms with E-state index in [2.05, 4.69) is 0 Å². The van der Waals surface area contributed by atoms with Crippen LogP contribution in [0.15, 0.2) is 18.2 Å². The lowest BCUT2D eigenvalue weighted by atomic mass is 10.1. The Kier molecular flexibility index (Phi) is 3.94. The Balaban J connectivity index is 2.31. The number of methoxy groups -OCH3 is 1. The number of carboxylic acid groups (broad SMARTS) is 1. The van der Waals surface area contributed by atoms with E-state index < -0.39 is 17.9 Å². The maximum atomic E-state index is 12.4. The predicted octanol–water partition coefficient (Wildman–Crippen LogP) is 1.01. The molecule has 0 saturated carbocycles. The summed E-state index contributed by atoms with van der Waals surface area (Å²) in [5.74, 6) is -1.70. The van der Waals surface area contributed by atoms with Crippen molar-refractivity contribution >= 4 is 11.9 Å². The molecule has 1 amide bonds. The van der Waals surface area contributed by atoms with Crippen LogP contribution in [0.1, 0.15) is 22.3 Å². The standard InChI is InChI=1S/C14H17NO5/c1-8-3-4-12(16)10(5-8)13(17)15-7-9(20-2)6-11(15)14(18)19/h3-5,9,11,16H,6-7H2,1-2H3,(H,18,19). The van der Waals surface area contributed by atoms with Crippen LogP contribution in [0.3, 0.4) is 0 Å². The van der Waals surface area contributed by atoms with Gasteiger partial charge in [-0.15, -0.1) is 0 Å². The number of hydrogen-bond acceptors (Lipinski definition) is 4. The molecule has 0 bridgehead atoms. The van der Waals surface area contributed by atoms with Crippen molar-refractivity contribution in [1.82, 2.24) is 4.90 Å². The Hall–Kier alpha value is -2.08. The van der Waals surface area contributed by atoms with Crippen molar-refractivity contribution in [2.75, 3.05) is 13.7 Å². The molecule has 108 valence electrons. The van der Waals surface area contributed by atoms with E-state index in [0.717, 1.165) is 5.56 Å². The maximum absolute atomic E-state index is 12.4. The van der Waals surface area contributed by atoms with Gasteiger partial charge in [-0.05, 0) is 19.1 Å². The molecule has 1 fully saturated rings. The number of carbonyl (C=O) groups excluding carboxylic acids is 1. The maximum Gasteiger partial charge on any atom is 0.326 e. The second-order valence-corrected chi connectivity index (χ2v) is 4.93. The monoisotopic (exact) mass is 279 g/mol. The number of carboxylic acids is 1. The van der Waals surface area contributed by atoms with Crippen LogP contribution >= 0.6 is 0 Å². The number of benzene rings is 1. The summed E-state index contributed by atoms with van der Waals surface area (Å²) in [6.07, 6.45) is -0.0450. The third-order valence-electron chi connectivity index (χ3n) is 3.52. The van der Waals surface area contributed by atoms with Gasteiger partial charge in [-0.25, -0.2) is 4.79 Å². The molecule has 1 heterocycles. The molecule has 6 nitrogen and oxygen atoms in total. The fourth-order valence-corrected chi connectivity index (χ4v) is 2.40. The van der Waals surface area contributed by atoms with Crippen molar-refractivity contribution in [3.05, 3.63) is 29.3 Å². The zero-order valence-corrected chi connectivity index (χ0v) is 11.4. The number of ether oxygens (including phenoxy) is 1. The van der Waals surface area contributed by atoms with Gasteiger partial charge in [0.25, 0.3) is 5.91 Å². The van der Waals surface area contributed by atoms with Crippen LogP contribution in [-0.4, -0.2) is 52.8 Å². The van der Waals surface area contributed by atoms with Gasteiger partial charge >= 0.3 is 5.97 Å².